The summed E-state index contributed by atoms with van der Waals surface area (Å²) in [7, 11) is 0. The van der Waals surface area contributed by atoms with Crippen LogP contribution in [0.5, 0.6) is 0 Å². The van der Waals surface area contributed by atoms with Gasteiger partial charge in [-0.05, 0) is 66.6 Å². The van der Waals surface area contributed by atoms with Crippen LogP contribution in [0.4, 0.5) is 22.7 Å². The highest BCUT2D eigenvalue weighted by molar-refractivity contribution is 5.70. The number of ether oxygens (including phenoxy) is 2. The summed E-state index contributed by atoms with van der Waals surface area (Å²) in [5.74, 6) is -0.412. The van der Waals surface area contributed by atoms with Crippen LogP contribution in [-0.2, 0) is 19.1 Å². The van der Waals surface area contributed by atoms with Crippen molar-refractivity contribution in [3.05, 3.63) is 58.6 Å². The molecular weight excluding hydrogens is 664 g/mol. The lowest BCUT2D eigenvalue weighted by Crippen LogP contribution is -2.76. The smallest absolute Gasteiger partial charge is 0.307 e. The van der Waals surface area contributed by atoms with Gasteiger partial charge in [0.15, 0.2) is 0 Å². The number of non-ortho nitro benzene ring substituents is 1. The van der Waals surface area contributed by atoms with E-state index in [0.29, 0.717) is 36.1 Å². The normalized spacial score (nSPS) is 22.8. The summed E-state index contributed by atoms with van der Waals surface area (Å²) < 4.78 is 12.3. The summed E-state index contributed by atoms with van der Waals surface area (Å²) in [4.78, 5) is 35.8. The minimum absolute atomic E-state index is 0.0714. The SMILES string of the molecule is CC(C)(C)OC(=O)CCNCCC1CNCCN1[N+]1(CCNCCC(=O)OC(C)(C)C)CC[N+](c2ccc(N)cc2)(c2ccc([N+](=O)[O-])cc2)CC1. The van der Waals surface area contributed by atoms with Crippen molar-refractivity contribution in [2.24, 2.45) is 0 Å². The van der Waals surface area contributed by atoms with Crippen molar-refractivity contribution < 1.29 is 28.6 Å². The van der Waals surface area contributed by atoms with Crippen molar-refractivity contribution in [3.8, 4) is 0 Å². The Morgan fingerprint density at radius 2 is 1.37 bits per heavy atom. The number of piperazine rings is 2. The number of esters is 2. The van der Waals surface area contributed by atoms with E-state index in [1.54, 1.807) is 12.1 Å². The van der Waals surface area contributed by atoms with Crippen LogP contribution in [0.2, 0.25) is 0 Å². The second kappa shape index (κ2) is 17.9. The van der Waals surface area contributed by atoms with Crippen molar-refractivity contribution in [2.45, 2.75) is 78.0 Å². The average Bonchev–Trinajstić information content (AvgIpc) is 3.07. The Kier molecular flexibility index (Phi) is 14.2. The van der Waals surface area contributed by atoms with Crippen LogP contribution in [-0.4, -0.2) is 122 Å². The minimum Gasteiger partial charge on any atom is -0.460 e. The van der Waals surface area contributed by atoms with E-state index in [0.717, 1.165) is 87.8 Å². The summed E-state index contributed by atoms with van der Waals surface area (Å²) >= 11 is 0. The summed E-state index contributed by atoms with van der Waals surface area (Å²) in [6, 6.07) is 15.2. The first-order valence-corrected chi connectivity index (χ1v) is 18.7. The number of carbonyl (C=O) groups is 2. The number of hydrogen-bond acceptors (Lipinski definition) is 11. The molecule has 14 heteroatoms. The molecule has 0 bridgehead atoms. The predicted molar refractivity (Wildman–Crippen MR) is 205 cm³/mol. The minimum atomic E-state index is -0.513. The molecule has 0 spiro atoms. The molecule has 0 amide bonds. The number of nitrogens with one attached hydrogen (secondary N) is 3. The maximum atomic E-state index is 12.4. The third-order valence-corrected chi connectivity index (χ3v) is 9.81. The Labute approximate surface area is 309 Å². The molecule has 2 aliphatic rings. The zero-order chi connectivity index (χ0) is 38.0. The third kappa shape index (κ3) is 11.7. The van der Waals surface area contributed by atoms with E-state index >= 15 is 0 Å². The van der Waals surface area contributed by atoms with Crippen molar-refractivity contribution in [1.29, 1.82) is 0 Å². The highest BCUT2D eigenvalue weighted by atomic mass is 16.6. The number of nitrogen functional groups attached to an aromatic ring is 1. The van der Waals surface area contributed by atoms with E-state index in [4.69, 9.17) is 15.2 Å². The van der Waals surface area contributed by atoms with Gasteiger partial charge in [0.25, 0.3) is 5.69 Å². The fourth-order valence-electron chi connectivity index (χ4n) is 7.36. The molecule has 0 saturated carbocycles. The van der Waals surface area contributed by atoms with Crippen LogP contribution in [0.3, 0.4) is 0 Å². The van der Waals surface area contributed by atoms with Gasteiger partial charge < -0.3 is 31.2 Å². The van der Waals surface area contributed by atoms with Gasteiger partial charge in [-0.2, -0.15) is 0 Å². The molecule has 14 nitrogen and oxygen atoms in total. The first-order chi connectivity index (χ1) is 24.5. The molecule has 2 heterocycles. The zero-order valence-electron chi connectivity index (χ0n) is 32.1. The molecule has 2 saturated heterocycles. The number of hydrogen-bond donors (Lipinski definition) is 4. The molecule has 0 radical (unpaired) electrons. The van der Waals surface area contributed by atoms with Crippen LogP contribution in [0, 0.1) is 10.1 Å². The van der Waals surface area contributed by atoms with E-state index < -0.39 is 11.2 Å². The largest absolute Gasteiger partial charge is 0.460 e. The van der Waals surface area contributed by atoms with Gasteiger partial charge in [-0.25, -0.2) is 9.08 Å². The fourth-order valence-corrected chi connectivity index (χ4v) is 7.36. The monoisotopic (exact) mass is 726 g/mol. The van der Waals surface area contributed by atoms with E-state index in [1.807, 2.05) is 65.8 Å². The highest BCUT2D eigenvalue weighted by Gasteiger charge is 2.50. The van der Waals surface area contributed by atoms with E-state index in [1.165, 1.54) is 0 Å². The summed E-state index contributed by atoms with van der Waals surface area (Å²) in [6.07, 6.45) is 1.54. The Morgan fingerprint density at radius 3 is 1.88 bits per heavy atom. The quantitative estimate of drug-likeness (QED) is 0.0497. The predicted octanol–water partition coefficient (Wildman–Crippen LogP) is 3.87. The van der Waals surface area contributed by atoms with Gasteiger partial charge in [-0.15, -0.1) is 5.01 Å². The lowest BCUT2D eigenvalue weighted by Gasteiger charge is -2.55. The molecule has 2 aromatic rings. The van der Waals surface area contributed by atoms with Crippen molar-refractivity contribution in [1.82, 2.24) is 25.4 Å². The summed E-state index contributed by atoms with van der Waals surface area (Å²) in [5.41, 5.74) is 7.97. The molecule has 2 fully saturated rings. The molecule has 5 N–H and O–H groups in total. The Hall–Kier alpha value is -3.66. The second-order valence-corrected chi connectivity index (χ2v) is 16.0. The molecule has 2 aliphatic heterocycles. The van der Waals surface area contributed by atoms with E-state index in [2.05, 4.69) is 33.1 Å². The number of benzene rings is 2. The van der Waals surface area contributed by atoms with Gasteiger partial charge in [0, 0.05) is 74.8 Å². The third-order valence-electron chi connectivity index (χ3n) is 9.81. The maximum absolute atomic E-state index is 12.4. The van der Waals surface area contributed by atoms with Crippen LogP contribution >= 0.6 is 0 Å². The molecule has 4 rings (SSSR count). The molecule has 288 valence electrons. The van der Waals surface area contributed by atoms with Crippen LogP contribution < -0.4 is 26.2 Å². The topological polar surface area (TPSA) is 161 Å². The number of carbonyl (C=O) groups excluding carboxylic acids is 2. The Balaban J connectivity index is 1.53. The second-order valence-electron chi connectivity index (χ2n) is 16.0. The number of nitro groups is 1. The van der Waals surface area contributed by atoms with Gasteiger partial charge in [0.05, 0.1) is 30.4 Å². The van der Waals surface area contributed by atoms with Crippen LogP contribution in [0.1, 0.15) is 60.8 Å². The number of nitrogens with zero attached hydrogens (tertiary/aromatic N) is 4. The zero-order valence-corrected chi connectivity index (χ0v) is 32.1. The van der Waals surface area contributed by atoms with Gasteiger partial charge in [0.2, 0.25) is 0 Å². The molecular formula is C38H62N8O6+2. The summed E-state index contributed by atoms with van der Waals surface area (Å²) in [5, 5.41) is 24.8. The van der Waals surface area contributed by atoms with E-state index in [-0.39, 0.29) is 28.6 Å². The molecule has 1 unspecified atom stereocenters. The van der Waals surface area contributed by atoms with Crippen molar-refractivity contribution >= 4 is 34.7 Å². The van der Waals surface area contributed by atoms with Gasteiger partial charge in [-0.1, -0.05) is 0 Å². The highest BCUT2D eigenvalue weighted by Crippen LogP contribution is 2.39. The van der Waals surface area contributed by atoms with Gasteiger partial charge in [-0.3, -0.25) is 19.7 Å². The molecule has 52 heavy (non-hydrogen) atoms. The van der Waals surface area contributed by atoms with Gasteiger partial charge >= 0.3 is 11.9 Å². The molecule has 2 aromatic carbocycles. The average molecular weight is 727 g/mol. The standard InChI is InChI=1S/C38H62N8O6/c1-37(2,3)51-35(47)16-19-40-18-15-32-29-42-21-23-43(32)45(24-22-41-20-17-36(48)52-38(4,5)6)25-27-46(28-26-45,33-11-7-30(39)8-12-33)34-13-9-31(10-14-34)44(49)50/h7-14,32,40-42H,15-29,39H2,1-6H3/q+2. The Morgan fingerprint density at radius 1 is 0.846 bits per heavy atom. The first-order valence-electron chi connectivity index (χ1n) is 18.7. The number of nitrogens with two attached hydrogens (primary N) is 1. The molecule has 0 aromatic heterocycles. The number of nitro benzene ring substituents is 1. The number of quaternary nitrogens is 2. The fraction of sp³-hybridized carbons (Fsp3) is 0.632. The van der Waals surface area contributed by atoms with Crippen LogP contribution in [0.15, 0.2) is 48.5 Å². The first kappa shape index (κ1) is 41.1. The lowest BCUT2D eigenvalue weighted by molar-refractivity contribution is -1.04. The van der Waals surface area contributed by atoms with Crippen molar-refractivity contribution in [3.63, 3.8) is 0 Å². The van der Waals surface area contributed by atoms with Crippen molar-refractivity contribution in [2.75, 3.05) is 84.3 Å². The van der Waals surface area contributed by atoms with E-state index in [9.17, 15) is 19.7 Å². The maximum Gasteiger partial charge on any atom is 0.307 e. The number of rotatable bonds is 16. The molecule has 0 aliphatic carbocycles. The molecule has 1 atom stereocenters. The number of anilines is 1. The van der Waals surface area contributed by atoms with Gasteiger partial charge in [0.1, 0.15) is 55.3 Å². The summed E-state index contributed by atoms with van der Waals surface area (Å²) in [6.45, 7) is 20.6. The Bertz CT molecular complexity index is 1460. The lowest BCUT2D eigenvalue weighted by atomic mass is 10.1. The van der Waals surface area contributed by atoms with Crippen LogP contribution in [0.25, 0.3) is 0 Å².